The number of rotatable bonds is 3. The highest BCUT2D eigenvalue weighted by Crippen LogP contribution is 2.34. The maximum atomic E-state index is 13.6. The summed E-state index contributed by atoms with van der Waals surface area (Å²) in [6.45, 7) is 4.31. The second-order valence-corrected chi connectivity index (χ2v) is 10.7. The highest BCUT2D eigenvalue weighted by Gasteiger charge is 2.39. The predicted molar refractivity (Wildman–Crippen MR) is 103 cm³/mol. The van der Waals surface area contributed by atoms with Gasteiger partial charge in [-0.3, -0.25) is 4.79 Å². The van der Waals surface area contributed by atoms with Crippen molar-refractivity contribution in [2.75, 3.05) is 24.6 Å². The highest BCUT2D eigenvalue weighted by molar-refractivity contribution is 7.91. The van der Waals surface area contributed by atoms with Crippen molar-refractivity contribution in [1.82, 2.24) is 19.5 Å². The first-order valence-corrected chi connectivity index (χ1v) is 11.7. The molecule has 2 saturated heterocycles. The Morgan fingerprint density at radius 3 is 2.57 bits per heavy atom. The molecule has 1 amide bonds. The molecule has 11 heteroatoms. The van der Waals surface area contributed by atoms with Crippen LogP contribution >= 0.6 is 0 Å². The van der Waals surface area contributed by atoms with Gasteiger partial charge in [0.2, 0.25) is 5.91 Å². The van der Waals surface area contributed by atoms with Crippen molar-refractivity contribution in [2.24, 2.45) is 5.92 Å². The van der Waals surface area contributed by atoms with Gasteiger partial charge < -0.3 is 4.90 Å². The second-order valence-electron chi connectivity index (χ2n) is 8.43. The first kappa shape index (κ1) is 21.1. The zero-order valence-electron chi connectivity index (χ0n) is 16.7. The number of amides is 1. The molecular weight excluding hydrogens is 421 g/mol. The molecule has 2 aromatic heterocycles. The zero-order chi connectivity index (χ0) is 21.8. The Morgan fingerprint density at radius 1 is 1.23 bits per heavy atom. The fraction of sp³-hybridized carbons (Fsp3) is 0.632. The molecular formula is C19H23F3N4O3S. The predicted octanol–water partition coefficient (Wildman–Crippen LogP) is 2.62. The molecule has 0 aromatic carbocycles. The van der Waals surface area contributed by atoms with E-state index in [1.165, 1.54) is 0 Å². The Kier molecular flexibility index (Phi) is 5.06. The molecule has 2 aliphatic heterocycles. The summed E-state index contributed by atoms with van der Waals surface area (Å²) in [5, 5.41) is 4.18. The minimum absolute atomic E-state index is 0.0250. The molecule has 2 atom stereocenters. The average molecular weight is 444 g/mol. The van der Waals surface area contributed by atoms with Gasteiger partial charge in [0.15, 0.2) is 15.5 Å². The van der Waals surface area contributed by atoms with Crippen LogP contribution in [-0.4, -0.2) is 58.4 Å². The van der Waals surface area contributed by atoms with E-state index < -0.39 is 27.6 Å². The lowest BCUT2D eigenvalue weighted by atomic mass is 10.1. The topological polar surface area (TPSA) is 84.6 Å². The smallest absolute Gasteiger partial charge is 0.342 e. The summed E-state index contributed by atoms with van der Waals surface area (Å²) in [5.74, 6) is -1.20. The highest BCUT2D eigenvalue weighted by atomic mass is 32.2. The number of likely N-dealkylation sites (tertiary alicyclic amines) is 1. The number of halogens is 3. The van der Waals surface area contributed by atoms with Crippen LogP contribution in [0.1, 0.15) is 55.6 Å². The fourth-order valence-electron chi connectivity index (χ4n) is 4.16. The van der Waals surface area contributed by atoms with Gasteiger partial charge in [0, 0.05) is 30.8 Å². The Hall–Kier alpha value is -2.17. The Labute approximate surface area is 172 Å². The molecule has 0 aliphatic carbocycles. The summed E-state index contributed by atoms with van der Waals surface area (Å²) in [4.78, 5) is 18.6. The maximum absolute atomic E-state index is 13.6. The molecule has 164 valence electrons. The van der Waals surface area contributed by atoms with Crippen LogP contribution in [0, 0.1) is 5.92 Å². The second kappa shape index (κ2) is 7.21. The van der Waals surface area contributed by atoms with Crippen LogP contribution in [0.15, 0.2) is 12.1 Å². The number of sulfone groups is 1. The number of hydrogen-bond acceptors (Lipinski definition) is 5. The van der Waals surface area contributed by atoms with Crippen LogP contribution in [-0.2, 0) is 20.8 Å². The summed E-state index contributed by atoms with van der Waals surface area (Å²) < 4.78 is 64.8. The van der Waals surface area contributed by atoms with Crippen molar-refractivity contribution < 1.29 is 26.4 Å². The lowest BCUT2D eigenvalue weighted by Crippen LogP contribution is -2.34. The molecule has 0 spiro atoms. The molecule has 30 heavy (non-hydrogen) atoms. The Morgan fingerprint density at radius 2 is 1.97 bits per heavy atom. The monoisotopic (exact) mass is 444 g/mol. The van der Waals surface area contributed by atoms with E-state index in [0.717, 1.165) is 10.6 Å². The number of carbonyl (C=O) groups is 1. The molecule has 2 fully saturated rings. The van der Waals surface area contributed by atoms with Crippen molar-refractivity contribution in [1.29, 1.82) is 0 Å². The third-order valence-electron chi connectivity index (χ3n) is 5.85. The van der Waals surface area contributed by atoms with Crippen LogP contribution in [0.2, 0.25) is 0 Å². The van der Waals surface area contributed by atoms with Gasteiger partial charge in [-0.15, -0.1) is 0 Å². The normalized spacial score (nSPS) is 24.3. The number of fused-ring (bicyclic) bond motifs is 1. The van der Waals surface area contributed by atoms with Gasteiger partial charge in [0.1, 0.15) is 5.69 Å². The molecule has 0 unspecified atom stereocenters. The number of aromatic nitrogens is 3. The van der Waals surface area contributed by atoms with Gasteiger partial charge in [-0.2, -0.15) is 18.3 Å². The van der Waals surface area contributed by atoms with E-state index in [0.29, 0.717) is 37.3 Å². The summed E-state index contributed by atoms with van der Waals surface area (Å²) in [5.41, 5.74) is 0.0647. The largest absolute Gasteiger partial charge is 0.433 e. The molecule has 0 bridgehead atoms. The lowest BCUT2D eigenvalue weighted by Gasteiger charge is -2.19. The average Bonchev–Trinajstić information content (AvgIpc) is 3.36. The van der Waals surface area contributed by atoms with Crippen molar-refractivity contribution in [2.45, 2.75) is 44.7 Å². The van der Waals surface area contributed by atoms with Crippen LogP contribution in [0.25, 0.3) is 5.65 Å². The van der Waals surface area contributed by atoms with Gasteiger partial charge in [-0.25, -0.2) is 17.9 Å². The minimum atomic E-state index is -4.57. The third kappa shape index (κ3) is 3.91. The maximum Gasteiger partial charge on any atom is 0.433 e. The van der Waals surface area contributed by atoms with E-state index in [1.54, 1.807) is 24.8 Å². The van der Waals surface area contributed by atoms with Crippen molar-refractivity contribution >= 4 is 21.4 Å². The van der Waals surface area contributed by atoms with E-state index in [1.807, 2.05) is 0 Å². The molecule has 0 saturated carbocycles. The molecule has 0 N–H and O–H groups in total. The number of alkyl halides is 3. The van der Waals surface area contributed by atoms with Crippen LogP contribution in [0.4, 0.5) is 13.2 Å². The van der Waals surface area contributed by atoms with Crippen LogP contribution in [0.5, 0.6) is 0 Å². The number of nitrogens with zero attached hydrogens (tertiary/aromatic N) is 4. The van der Waals surface area contributed by atoms with E-state index >= 15 is 0 Å². The molecule has 2 aliphatic rings. The van der Waals surface area contributed by atoms with Crippen LogP contribution < -0.4 is 0 Å². The summed E-state index contributed by atoms with van der Waals surface area (Å²) in [6.07, 6.45) is -3.68. The van der Waals surface area contributed by atoms with Gasteiger partial charge in [0.25, 0.3) is 0 Å². The fourth-order valence-corrected chi connectivity index (χ4v) is 5.89. The first-order chi connectivity index (χ1) is 13.9. The van der Waals surface area contributed by atoms with Crippen molar-refractivity contribution in [3.63, 3.8) is 0 Å². The first-order valence-electron chi connectivity index (χ1n) is 9.91. The van der Waals surface area contributed by atoms with Gasteiger partial charge in [-0.05, 0) is 24.8 Å². The van der Waals surface area contributed by atoms with E-state index in [2.05, 4.69) is 10.1 Å². The van der Waals surface area contributed by atoms with Gasteiger partial charge in [0.05, 0.1) is 23.1 Å². The van der Waals surface area contributed by atoms with Gasteiger partial charge in [-0.1, -0.05) is 13.8 Å². The zero-order valence-corrected chi connectivity index (χ0v) is 17.5. The molecule has 0 radical (unpaired) electrons. The lowest BCUT2D eigenvalue weighted by molar-refractivity contribution is -0.142. The summed E-state index contributed by atoms with van der Waals surface area (Å²) in [7, 11) is -3.16. The molecule has 4 rings (SSSR count). The van der Waals surface area contributed by atoms with Crippen molar-refractivity contribution in [3.8, 4) is 0 Å². The SMILES string of the molecule is CC(C)c1cc(C(F)(F)F)n2nc([C@H]3CCN(C(=O)[C@H]4CCS(=O)(=O)C4)C3)cc2n1. The quantitative estimate of drug-likeness (QED) is 0.727. The standard InChI is InChI=1S/C19H23F3N4O3S/c1-11(2)14-7-16(19(20,21)22)26-17(23-14)8-15(24-26)12-3-5-25(9-12)18(27)13-4-6-30(28,29)10-13/h7-8,11-13H,3-6,9-10H2,1-2H3/t12-,13-/m0/s1. The molecule has 4 heterocycles. The molecule has 2 aromatic rings. The van der Waals surface area contributed by atoms with Gasteiger partial charge >= 0.3 is 6.18 Å². The van der Waals surface area contributed by atoms with Crippen LogP contribution in [0.3, 0.4) is 0 Å². The number of hydrogen-bond donors (Lipinski definition) is 0. The summed E-state index contributed by atoms with van der Waals surface area (Å²) >= 11 is 0. The van der Waals surface area contributed by atoms with E-state index in [4.69, 9.17) is 0 Å². The summed E-state index contributed by atoms with van der Waals surface area (Å²) in [6, 6.07) is 2.58. The van der Waals surface area contributed by atoms with E-state index in [-0.39, 0.29) is 34.9 Å². The van der Waals surface area contributed by atoms with Crippen molar-refractivity contribution in [3.05, 3.63) is 29.2 Å². The molecule has 7 nitrogen and oxygen atoms in total. The number of carbonyl (C=O) groups excluding carboxylic acids is 1. The van der Waals surface area contributed by atoms with E-state index in [9.17, 15) is 26.4 Å². The Bertz CT molecular complexity index is 1090. The third-order valence-corrected chi connectivity index (χ3v) is 7.62. The minimum Gasteiger partial charge on any atom is -0.342 e. The Balaban J connectivity index is 1.59.